The average molecular weight is 345 g/mol. The minimum atomic E-state index is -0.499. The molecule has 0 aliphatic heterocycles. The summed E-state index contributed by atoms with van der Waals surface area (Å²) in [5.74, 6) is 0.392. The van der Waals surface area contributed by atoms with E-state index in [4.69, 9.17) is 0 Å². The van der Waals surface area contributed by atoms with E-state index in [9.17, 15) is 9.59 Å². The lowest BCUT2D eigenvalue weighted by Crippen LogP contribution is -2.40. The first-order valence-electron chi connectivity index (χ1n) is 7.45. The Balaban J connectivity index is 2.08. The Labute approximate surface area is 144 Å². The third kappa shape index (κ3) is 4.69. The summed E-state index contributed by atoms with van der Waals surface area (Å²) in [6.45, 7) is 6.51. The molecule has 0 bridgehead atoms. The van der Waals surface area contributed by atoms with Gasteiger partial charge < -0.3 is 5.32 Å². The Morgan fingerprint density at radius 1 is 1.29 bits per heavy atom. The monoisotopic (exact) mass is 345 g/mol. The molecule has 0 aliphatic carbocycles. The Hall–Kier alpha value is -2.61. The number of allylic oxidation sites excluding steroid dienone is 1. The highest BCUT2D eigenvalue weighted by atomic mass is 32.2. The number of imide groups is 1. The van der Waals surface area contributed by atoms with Crippen LogP contribution in [0.4, 0.5) is 4.79 Å². The minimum Gasteiger partial charge on any atom is -0.338 e. The molecule has 2 N–H and O–H groups in total. The number of urea groups is 1. The van der Waals surface area contributed by atoms with E-state index in [1.807, 2.05) is 34.9 Å². The molecule has 126 valence electrons. The van der Waals surface area contributed by atoms with Gasteiger partial charge in [-0.2, -0.15) is 0 Å². The van der Waals surface area contributed by atoms with Gasteiger partial charge in [0.1, 0.15) is 0 Å². The van der Waals surface area contributed by atoms with Crippen LogP contribution in [0.2, 0.25) is 0 Å². The van der Waals surface area contributed by atoms with Crippen LogP contribution in [0.3, 0.4) is 0 Å². The van der Waals surface area contributed by atoms with E-state index in [2.05, 4.69) is 27.4 Å². The van der Waals surface area contributed by atoms with Gasteiger partial charge in [0, 0.05) is 18.7 Å². The summed E-state index contributed by atoms with van der Waals surface area (Å²) >= 11 is 1.22. The first kappa shape index (κ1) is 17.7. The van der Waals surface area contributed by atoms with Gasteiger partial charge in [0.15, 0.2) is 11.0 Å². The van der Waals surface area contributed by atoms with Crippen molar-refractivity contribution < 1.29 is 9.59 Å². The SMILES string of the molecule is C=CCn1c(SCC(=O)NC(=O)NCC)nnc1-c1ccccc1. The van der Waals surface area contributed by atoms with Crippen LogP contribution < -0.4 is 10.6 Å². The normalized spacial score (nSPS) is 10.2. The fourth-order valence-electron chi connectivity index (χ4n) is 1.99. The van der Waals surface area contributed by atoms with Gasteiger partial charge in [0.05, 0.1) is 5.75 Å². The van der Waals surface area contributed by atoms with Crippen LogP contribution in [0.25, 0.3) is 11.4 Å². The van der Waals surface area contributed by atoms with Crippen molar-refractivity contribution in [1.29, 1.82) is 0 Å². The molecule has 0 fully saturated rings. The van der Waals surface area contributed by atoms with Gasteiger partial charge in [0.2, 0.25) is 5.91 Å². The van der Waals surface area contributed by atoms with Gasteiger partial charge in [-0.25, -0.2) is 4.79 Å². The van der Waals surface area contributed by atoms with Gasteiger partial charge in [-0.1, -0.05) is 48.2 Å². The summed E-state index contributed by atoms with van der Waals surface area (Å²) in [5.41, 5.74) is 0.936. The lowest BCUT2D eigenvalue weighted by atomic mass is 10.2. The number of carbonyl (C=O) groups excluding carboxylic acids is 2. The van der Waals surface area contributed by atoms with Crippen LogP contribution in [-0.4, -0.2) is 39.0 Å². The van der Waals surface area contributed by atoms with Crippen molar-refractivity contribution in [2.24, 2.45) is 0 Å². The maximum absolute atomic E-state index is 11.8. The van der Waals surface area contributed by atoms with Crippen molar-refractivity contribution in [3.8, 4) is 11.4 Å². The Morgan fingerprint density at radius 2 is 2.04 bits per heavy atom. The van der Waals surface area contributed by atoms with E-state index >= 15 is 0 Å². The largest absolute Gasteiger partial charge is 0.338 e. The quantitative estimate of drug-likeness (QED) is 0.592. The Bertz CT molecular complexity index is 715. The summed E-state index contributed by atoms with van der Waals surface area (Å²) < 4.78 is 1.88. The lowest BCUT2D eigenvalue weighted by Gasteiger charge is -2.08. The van der Waals surface area contributed by atoms with Gasteiger partial charge in [0.25, 0.3) is 0 Å². The van der Waals surface area contributed by atoms with Crippen LogP contribution in [0, 0.1) is 0 Å². The number of thioether (sulfide) groups is 1. The number of rotatable bonds is 7. The zero-order valence-electron chi connectivity index (χ0n) is 13.4. The maximum Gasteiger partial charge on any atom is 0.321 e. The molecule has 0 spiro atoms. The fraction of sp³-hybridized carbons (Fsp3) is 0.250. The molecule has 24 heavy (non-hydrogen) atoms. The molecule has 0 aliphatic rings. The molecule has 1 aromatic heterocycles. The fourth-order valence-corrected chi connectivity index (χ4v) is 2.74. The molecule has 2 rings (SSSR count). The number of benzene rings is 1. The molecule has 2 aromatic rings. The van der Waals surface area contributed by atoms with Crippen LogP contribution in [0.15, 0.2) is 48.1 Å². The molecule has 1 aromatic carbocycles. The van der Waals surface area contributed by atoms with Crippen molar-refractivity contribution in [2.45, 2.75) is 18.6 Å². The molecule has 7 nitrogen and oxygen atoms in total. The molecular formula is C16H19N5O2S. The second kappa shape index (κ2) is 8.88. The van der Waals surface area contributed by atoms with Crippen molar-refractivity contribution in [3.05, 3.63) is 43.0 Å². The summed E-state index contributed by atoms with van der Waals surface area (Å²) in [7, 11) is 0. The predicted octanol–water partition coefficient (Wildman–Crippen LogP) is 2.07. The van der Waals surface area contributed by atoms with Gasteiger partial charge in [-0.05, 0) is 6.92 Å². The van der Waals surface area contributed by atoms with Gasteiger partial charge >= 0.3 is 6.03 Å². The molecule has 8 heteroatoms. The highest BCUT2D eigenvalue weighted by molar-refractivity contribution is 7.99. The minimum absolute atomic E-state index is 0.0706. The first-order valence-corrected chi connectivity index (χ1v) is 8.44. The zero-order chi connectivity index (χ0) is 17.4. The second-order valence-electron chi connectivity index (χ2n) is 4.77. The Morgan fingerprint density at radius 3 is 2.71 bits per heavy atom. The third-order valence-electron chi connectivity index (χ3n) is 2.98. The lowest BCUT2D eigenvalue weighted by molar-refractivity contribution is -0.117. The molecule has 0 atom stereocenters. The predicted molar refractivity (Wildman–Crippen MR) is 93.6 cm³/mol. The first-order chi connectivity index (χ1) is 11.7. The van der Waals surface area contributed by atoms with Gasteiger partial charge in [-0.3, -0.25) is 14.7 Å². The van der Waals surface area contributed by atoms with E-state index < -0.39 is 6.03 Å². The van der Waals surface area contributed by atoms with Crippen molar-refractivity contribution in [2.75, 3.05) is 12.3 Å². The molecule has 0 unspecified atom stereocenters. The molecular weight excluding hydrogens is 326 g/mol. The van der Waals surface area contributed by atoms with Crippen LogP contribution in [-0.2, 0) is 11.3 Å². The standard InChI is InChI=1S/C16H19N5O2S/c1-3-10-21-14(12-8-6-5-7-9-12)19-20-16(21)24-11-13(22)18-15(23)17-4-2/h3,5-9H,1,4,10-11H2,2H3,(H2,17,18,22,23). The van der Waals surface area contributed by atoms with E-state index in [1.165, 1.54) is 11.8 Å². The number of nitrogens with one attached hydrogen (secondary N) is 2. The molecule has 0 saturated heterocycles. The Kier molecular flexibility index (Phi) is 6.56. The van der Waals surface area contributed by atoms with Crippen molar-refractivity contribution in [1.82, 2.24) is 25.4 Å². The van der Waals surface area contributed by atoms with Gasteiger partial charge in [-0.15, -0.1) is 16.8 Å². The van der Waals surface area contributed by atoms with E-state index in [1.54, 1.807) is 13.0 Å². The number of aromatic nitrogens is 3. The third-order valence-corrected chi connectivity index (χ3v) is 3.95. The summed E-state index contributed by atoms with van der Waals surface area (Å²) in [6, 6.07) is 9.17. The maximum atomic E-state index is 11.8. The number of amides is 3. The van der Waals surface area contributed by atoms with Crippen LogP contribution >= 0.6 is 11.8 Å². The van der Waals surface area contributed by atoms with Crippen LogP contribution in [0.1, 0.15) is 6.92 Å². The highest BCUT2D eigenvalue weighted by Gasteiger charge is 2.15. The van der Waals surface area contributed by atoms with E-state index in [0.29, 0.717) is 24.1 Å². The van der Waals surface area contributed by atoms with Crippen LogP contribution in [0.5, 0.6) is 0 Å². The molecule has 0 radical (unpaired) electrons. The molecule has 3 amide bonds. The number of hydrogen-bond donors (Lipinski definition) is 2. The summed E-state index contributed by atoms with van der Waals surface area (Å²) in [4.78, 5) is 23.1. The zero-order valence-corrected chi connectivity index (χ0v) is 14.2. The molecule has 0 saturated carbocycles. The second-order valence-corrected chi connectivity index (χ2v) is 5.71. The smallest absolute Gasteiger partial charge is 0.321 e. The number of nitrogens with zero attached hydrogens (tertiary/aromatic N) is 3. The number of hydrogen-bond acceptors (Lipinski definition) is 5. The summed E-state index contributed by atoms with van der Waals surface area (Å²) in [5, 5.41) is 13.7. The summed E-state index contributed by atoms with van der Waals surface area (Å²) in [6.07, 6.45) is 1.74. The van der Waals surface area contributed by atoms with E-state index in [0.717, 1.165) is 5.56 Å². The topological polar surface area (TPSA) is 88.9 Å². The number of carbonyl (C=O) groups is 2. The van der Waals surface area contributed by atoms with Crippen molar-refractivity contribution in [3.63, 3.8) is 0 Å². The average Bonchev–Trinajstić information content (AvgIpc) is 2.97. The molecule has 1 heterocycles. The van der Waals surface area contributed by atoms with Crippen molar-refractivity contribution >= 4 is 23.7 Å². The van der Waals surface area contributed by atoms with E-state index in [-0.39, 0.29) is 11.7 Å². The highest BCUT2D eigenvalue weighted by Crippen LogP contribution is 2.23.